The van der Waals surface area contributed by atoms with Crippen molar-refractivity contribution in [3.05, 3.63) is 204 Å². The third-order valence-electron chi connectivity index (χ3n) is 26.9. The molecule has 3 aromatic heterocycles. The van der Waals surface area contributed by atoms with E-state index in [2.05, 4.69) is 31.2 Å². The smallest absolute Gasteiger partial charge is 0.526 e. The van der Waals surface area contributed by atoms with E-state index in [1.54, 1.807) is 81.6 Å². The molecule has 11 heterocycles. The van der Waals surface area contributed by atoms with Gasteiger partial charge in [0.15, 0.2) is 34.7 Å². The second-order valence-corrected chi connectivity index (χ2v) is 37.3. The number of H-pyrrole nitrogens is 1. The number of amides is 16. The number of Topliss-reactive ketones (excluding diaryl/α,β-unsaturated/α-hetero) is 6. The van der Waals surface area contributed by atoms with Gasteiger partial charge in [-0.25, -0.2) is 23.6 Å². The van der Waals surface area contributed by atoms with Crippen LogP contribution in [0.4, 0.5) is 23.6 Å². The SMILES string of the molecule is CCN1CCN(C(=O)NC(C(=O)C[C@H]2Cc3cccc(C(C)=O)c3OB2O)C2CCCC2)C(=O)C1=O.CCN1CCN(C(=O)NC(C(=O)C[C@H]2Cc3cccc(C(C)=O)c3OB2O)c2cccs2)C(=O)C1=O.CCN1CCN(C(=O)NC(C(=O)C[C@H]2Cc3cccc(C)c3OB2O)c2ccc(F)cn2)C(=O)C1=O.CCN1CCN(C(=O)NC(C(=O)C[C@H]2Cc3cccc(C)c3OB2O)c2cccc(=O)[nH]2)C(=O)C1=O. The first kappa shape index (κ1) is 107. The molecule has 8 atom stereocenters. The molecule has 5 fully saturated rings. The number of para-hydroxylation sites is 4. The Morgan fingerprint density at radius 1 is 0.417 bits per heavy atom. The molecule has 756 valence electrons. The molecule has 0 bridgehead atoms. The Hall–Kier alpha value is -14.4. The summed E-state index contributed by atoms with van der Waals surface area (Å²) in [5.74, 6) is -10.2. The fourth-order valence-electron chi connectivity index (χ4n) is 18.9. The van der Waals surface area contributed by atoms with Gasteiger partial charge in [0.05, 0.1) is 29.1 Å². The van der Waals surface area contributed by atoms with E-state index in [1.165, 1.54) is 69.0 Å². The molecule has 8 aliphatic heterocycles. The highest BCUT2D eigenvalue weighted by Crippen LogP contribution is 2.43. The van der Waals surface area contributed by atoms with E-state index >= 15 is 0 Å². The van der Waals surface area contributed by atoms with Crippen molar-refractivity contribution in [2.45, 2.75) is 180 Å². The summed E-state index contributed by atoms with van der Waals surface area (Å²) in [6.45, 7) is 15.8. The van der Waals surface area contributed by atoms with Crippen LogP contribution in [-0.4, -0.2) is 288 Å². The molecule has 144 heavy (non-hydrogen) atoms. The largest absolute Gasteiger partial charge is 0.536 e. The maximum absolute atomic E-state index is 13.5. The van der Waals surface area contributed by atoms with E-state index < -0.39 is 170 Å². The number of ketones is 6. The highest BCUT2D eigenvalue weighted by atomic mass is 32.1. The Morgan fingerprint density at radius 3 is 1.13 bits per heavy atom. The molecule has 7 aromatic rings. The van der Waals surface area contributed by atoms with E-state index in [0.29, 0.717) is 96.4 Å². The number of halogens is 1. The minimum absolute atomic E-state index is 0.0260. The first-order chi connectivity index (χ1) is 68.8. The molecule has 9 N–H and O–H groups in total. The number of fused-ring (bicyclic) bond motifs is 4. The van der Waals surface area contributed by atoms with Crippen molar-refractivity contribution < 1.29 is 129 Å². The van der Waals surface area contributed by atoms with Crippen LogP contribution in [0.15, 0.2) is 132 Å². The number of aromatic nitrogens is 2. The quantitative estimate of drug-likeness (QED) is 0.0186. The lowest BCUT2D eigenvalue weighted by Gasteiger charge is -2.34. The lowest BCUT2D eigenvalue weighted by atomic mass is 9.63. The number of nitrogens with zero attached hydrogens (tertiary/aromatic N) is 9. The van der Waals surface area contributed by atoms with E-state index in [1.807, 2.05) is 50.2 Å². The monoisotopic (exact) mass is 2000 g/mol. The molecule has 47 heteroatoms. The van der Waals surface area contributed by atoms with Crippen LogP contribution in [0.5, 0.6) is 23.0 Å². The van der Waals surface area contributed by atoms with Gasteiger partial charge < -0.3 is 84.6 Å². The number of urea groups is 4. The number of benzene rings is 4. The highest BCUT2D eigenvalue weighted by Gasteiger charge is 2.49. The summed E-state index contributed by atoms with van der Waals surface area (Å²) >= 11 is 1.26. The summed E-state index contributed by atoms with van der Waals surface area (Å²) in [5.41, 5.74) is 5.32. The summed E-state index contributed by atoms with van der Waals surface area (Å²) in [5, 5.41) is 54.5. The number of rotatable bonds is 26. The number of piperazine rings is 4. The van der Waals surface area contributed by atoms with Crippen molar-refractivity contribution in [1.29, 1.82) is 0 Å². The van der Waals surface area contributed by atoms with Crippen LogP contribution in [-0.2, 0) is 83.2 Å². The van der Waals surface area contributed by atoms with Gasteiger partial charge in [0.25, 0.3) is 0 Å². The summed E-state index contributed by atoms with van der Waals surface area (Å²) < 4.78 is 36.1. The number of hydrogen-bond donors (Lipinski definition) is 9. The minimum atomic E-state index is -1.34. The van der Waals surface area contributed by atoms with Gasteiger partial charge in [-0.15, -0.1) is 11.3 Å². The zero-order chi connectivity index (χ0) is 104. The average molecular weight is 2000 g/mol. The first-order valence-electron chi connectivity index (χ1n) is 47.7. The fourth-order valence-corrected chi connectivity index (χ4v) is 19.7. The molecule has 9 aliphatic rings. The highest BCUT2D eigenvalue weighted by molar-refractivity contribution is 7.10. The average Bonchev–Trinajstić information content (AvgIpc) is 0.785. The molecule has 0 spiro atoms. The van der Waals surface area contributed by atoms with Crippen molar-refractivity contribution in [1.82, 2.24) is 70.4 Å². The third kappa shape index (κ3) is 24.7. The molecular formula is C97H111B4FN14O27S. The van der Waals surface area contributed by atoms with Crippen molar-refractivity contribution in [3.8, 4) is 23.0 Å². The lowest BCUT2D eigenvalue weighted by molar-refractivity contribution is -0.153. The number of carbonyl (C=O) groups excluding carboxylic acids is 18. The van der Waals surface area contributed by atoms with Gasteiger partial charge >= 0.3 is 99.9 Å². The summed E-state index contributed by atoms with van der Waals surface area (Å²) in [4.78, 5) is 256. The summed E-state index contributed by atoms with van der Waals surface area (Å²) in [7, 11) is -5.08. The number of carbonyl (C=O) groups is 18. The molecule has 4 aromatic carbocycles. The normalized spacial score (nSPS) is 19.1. The molecular weight excluding hydrogens is 1890 g/mol. The standard InChI is InChI=1S/C25H32BN3O7.C24H26BFN4O6.C24H27BN4O7.C24H26BN3O7S/c1-3-28-11-12-29(24(33)23(28)32)25(34)27-21(16-7-4-5-8-16)20(31)14-18-13-17-9-6-10-19(15(2)30)22(17)36-26(18)35;1-3-29-9-10-30(23(33)22(29)32)24(34)28-20(18-8-7-17(26)13-27-18)19(31)12-16-11-15-6-4-5-14(2)21(15)36-25(16)35;1-3-28-10-11-29(23(33)22(28)32)24(34)27-20(17-8-5-9-19(31)26-17)18(30)13-16-12-15-7-4-6-14(2)21(15)36-25(16)35;1-3-27-9-10-28(23(32)22(27)31)24(33)26-20(19-8-5-11-36-19)18(30)13-16-12-15-6-4-7-17(14(2)29)21(15)35-25(16)34/h6,9-10,16,18,21,35H,3-5,7-8,11-14H2,1-2H3,(H,27,34);4-8,13,16,20,35H,3,9-12H2,1-2H3,(H,28,34);4-9,16,20,35H,3,10-13H2,1-2H3,(H,26,31)(H,27,34);4-8,11,16,20,34H,3,9-10,12-13H2,1-2H3,(H,26,33)/t18-,21?;3*16-,20?/m1111/s1. The van der Waals surface area contributed by atoms with E-state index in [-0.39, 0.29) is 118 Å². The van der Waals surface area contributed by atoms with E-state index in [0.717, 1.165) is 85.4 Å². The zero-order valence-electron chi connectivity index (χ0n) is 80.6. The van der Waals surface area contributed by atoms with Gasteiger partial charge in [-0.05, 0) is 175 Å². The predicted octanol–water partition coefficient (Wildman–Crippen LogP) is 5.42. The number of pyridine rings is 2. The molecule has 16 rings (SSSR count). The van der Waals surface area contributed by atoms with Gasteiger partial charge in [-0.3, -0.25) is 96.5 Å². The van der Waals surface area contributed by atoms with E-state index in [4.69, 9.17) is 18.6 Å². The zero-order valence-corrected chi connectivity index (χ0v) is 81.4. The molecule has 16 amide bonds. The van der Waals surface area contributed by atoms with Gasteiger partial charge in [0.1, 0.15) is 46.9 Å². The second kappa shape index (κ2) is 47.6. The Bertz CT molecular complexity index is 6200. The third-order valence-corrected chi connectivity index (χ3v) is 27.8. The Labute approximate surface area is 832 Å². The van der Waals surface area contributed by atoms with E-state index in [9.17, 15) is 116 Å². The van der Waals surface area contributed by atoms with Gasteiger partial charge in [0, 0.05) is 144 Å². The van der Waals surface area contributed by atoms with Crippen LogP contribution < -0.4 is 45.4 Å². The number of aromatic amines is 1. The maximum atomic E-state index is 13.5. The number of hydrogen-bond acceptors (Lipinski definition) is 29. The minimum Gasteiger partial charge on any atom is -0.536 e. The van der Waals surface area contributed by atoms with Crippen LogP contribution in [0.3, 0.4) is 0 Å². The van der Waals surface area contributed by atoms with Crippen LogP contribution in [0.1, 0.15) is 181 Å². The summed E-state index contributed by atoms with van der Waals surface area (Å²) in [6, 6.07) is 23.4. The topological polar surface area (TPSA) is 545 Å². The molecule has 4 saturated heterocycles. The number of aryl methyl sites for hydroxylation is 2. The molecule has 1 aliphatic carbocycles. The number of thiophene rings is 1. The van der Waals surface area contributed by atoms with Crippen LogP contribution in [0.2, 0.25) is 23.3 Å². The molecule has 41 nitrogen and oxygen atoms in total. The number of nitrogens with one attached hydrogen (secondary N) is 5. The second-order valence-electron chi connectivity index (χ2n) is 36.3. The van der Waals surface area contributed by atoms with Gasteiger partial charge in [-0.2, -0.15) is 0 Å². The number of imide groups is 4. The molecule has 1 saturated carbocycles. The van der Waals surface area contributed by atoms with Gasteiger partial charge in [-0.1, -0.05) is 85.6 Å². The Morgan fingerprint density at radius 2 is 0.764 bits per heavy atom. The van der Waals surface area contributed by atoms with Crippen LogP contribution >= 0.6 is 11.3 Å². The predicted molar refractivity (Wildman–Crippen MR) is 518 cm³/mol. The number of likely N-dealkylation sites (N-methyl/N-ethyl adjacent to an activating group) is 4. The fraction of sp³-hybridized carbons (Fsp3) is 0.423. The van der Waals surface area contributed by atoms with Gasteiger partial charge in [0.2, 0.25) is 5.56 Å². The Balaban J connectivity index is 0.000000161. The maximum Gasteiger partial charge on any atom is 0.526 e. The first-order valence-corrected chi connectivity index (χ1v) is 48.6. The van der Waals surface area contributed by atoms with Crippen molar-refractivity contribution in [2.24, 2.45) is 5.92 Å². The van der Waals surface area contributed by atoms with Crippen LogP contribution in [0, 0.1) is 25.6 Å². The summed E-state index contributed by atoms with van der Waals surface area (Å²) in [6.07, 6.45) is 5.20. The lowest BCUT2D eigenvalue weighted by Crippen LogP contribution is -2.60. The van der Waals surface area contributed by atoms with Crippen molar-refractivity contribution >= 4 is 146 Å². The van der Waals surface area contributed by atoms with Crippen molar-refractivity contribution in [3.63, 3.8) is 0 Å². The molecule has 0 radical (unpaired) electrons. The Kier molecular flexibility index (Phi) is 35.4. The van der Waals surface area contributed by atoms with Crippen LogP contribution in [0.25, 0.3) is 0 Å². The van der Waals surface area contributed by atoms with Crippen molar-refractivity contribution in [2.75, 3.05) is 78.5 Å². The molecule has 4 unspecified atom stereocenters.